The van der Waals surface area contributed by atoms with E-state index in [-0.39, 0.29) is 24.6 Å². The molecule has 0 aliphatic carbocycles. The Bertz CT molecular complexity index is 1230. The normalized spacial score (nSPS) is 14.1. The van der Waals surface area contributed by atoms with Crippen molar-refractivity contribution in [3.05, 3.63) is 76.4 Å². The first-order valence-electron chi connectivity index (χ1n) is 11.6. The van der Waals surface area contributed by atoms with Gasteiger partial charge in [-0.3, -0.25) is 9.59 Å². The monoisotopic (exact) mass is 513 g/mol. The lowest BCUT2D eigenvalue weighted by Crippen LogP contribution is -2.45. The molecule has 0 fully saturated rings. The van der Waals surface area contributed by atoms with Crippen LogP contribution in [-0.2, 0) is 4.79 Å². The van der Waals surface area contributed by atoms with Crippen LogP contribution in [0.15, 0.2) is 54.6 Å². The highest BCUT2D eigenvalue weighted by atomic mass is 35.5. The maximum Gasteiger partial charge on any atom is 0.305 e. The topological polar surface area (TPSA) is 114 Å². The zero-order chi connectivity index (χ0) is 26.7. The molecular weight excluding hydrogens is 482 g/mol. The van der Waals surface area contributed by atoms with E-state index in [2.05, 4.69) is 10.4 Å². The average molecular weight is 514 g/mol. The number of halogens is 1. The van der Waals surface area contributed by atoms with Crippen molar-refractivity contribution >= 4 is 23.5 Å². The van der Waals surface area contributed by atoms with E-state index < -0.39 is 28.9 Å². The van der Waals surface area contributed by atoms with E-state index in [1.165, 1.54) is 10.7 Å². The van der Waals surface area contributed by atoms with Gasteiger partial charge in [-0.15, -0.1) is 0 Å². The van der Waals surface area contributed by atoms with Gasteiger partial charge in [0.15, 0.2) is 5.69 Å². The summed E-state index contributed by atoms with van der Waals surface area (Å²) in [6.07, 6.45) is -0.294. The maximum absolute atomic E-state index is 13.2. The van der Waals surface area contributed by atoms with E-state index in [1.807, 2.05) is 39.8 Å². The molecule has 3 aromatic rings. The number of nitrogens with one attached hydrogen (secondary N) is 1. The Morgan fingerprint density at radius 1 is 1.11 bits per heavy atom. The highest BCUT2D eigenvalue weighted by molar-refractivity contribution is 6.32. The zero-order valence-electron chi connectivity index (χ0n) is 21.1. The van der Waals surface area contributed by atoms with Gasteiger partial charge in [-0.1, -0.05) is 74.3 Å². The van der Waals surface area contributed by atoms with Gasteiger partial charge in [0, 0.05) is 6.07 Å². The molecule has 36 heavy (non-hydrogen) atoms. The number of ether oxygens (including phenoxy) is 1. The third-order valence-corrected chi connectivity index (χ3v) is 6.59. The van der Waals surface area contributed by atoms with E-state index in [9.17, 15) is 19.8 Å². The Labute approximate surface area is 215 Å². The lowest BCUT2D eigenvalue weighted by Gasteiger charge is -2.36. The Morgan fingerprint density at radius 3 is 2.33 bits per heavy atom. The number of aliphatic hydroxyl groups is 1. The second-order valence-electron chi connectivity index (χ2n) is 10.1. The summed E-state index contributed by atoms with van der Waals surface area (Å²) >= 11 is 6.39. The van der Waals surface area contributed by atoms with Gasteiger partial charge in [0.1, 0.15) is 12.2 Å². The van der Waals surface area contributed by atoms with Crippen LogP contribution in [0.5, 0.6) is 5.88 Å². The van der Waals surface area contributed by atoms with Crippen LogP contribution >= 0.6 is 11.6 Å². The van der Waals surface area contributed by atoms with Crippen molar-refractivity contribution in [3.8, 4) is 11.6 Å². The highest BCUT2D eigenvalue weighted by Gasteiger charge is 2.36. The van der Waals surface area contributed by atoms with Crippen LogP contribution in [0.1, 0.15) is 61.8 Å². The Kier molecular flexibility index (Phi) is 8.11. The van der Waals surface area contributed by atoms with Gasteiger partial charge in [0.05, 0.1) is 23.2 Å². The van der Waals surface area contributed by atoms with Crippen LogP contribution in [0, 0.1) is 12.3 Å². The van der Waals surface area contributed by atoms with Crippen molar-refractivity contribution in [3.63, 3.8) is 0 Å². The number of carboxylic acid groups (broad SMARTS) is 1. The third-order valence-electron chi connectivity index (χ3n) is 6.27. The fourth-order valence-electron chi connectivity index (χ4n) is 3.26. The minimum atomic E-state index is -1.18. The van der Waals surface area contributed by atoms with Crippen LogP contribution in [0.25, 0.3) is 5.69 Å². The molecule has 0 spiro atoms. The quantitative estimate of drug-likeness (QED) is 0.373. The van der Waals surface area contributed by atoms with Crippen molar-refractivity contribution in [1.29, 1.82) is 0 Å². The van der Waals surface area contributed by atoms with Crippen molar-refractivity contribution in [2.24, 2.45) is 5.41 Å². The Hall–Kier alpha value is -3.36. The van der Waals surface area contributed by atoms with Crippen LogP contribution in [0.4, 0.5) is 0 Å². The van der Waals surface area contributed by atoms with Gasteiger partial charge in [0.2, 0.25) is 5.88 Å². The van der Waals surface area contributed by atoms with E-state index in [0.717, 1.165) is 5.56 Å². The fourth-order valence-corrected chi connectivity index (χ4v) is 3.48. The number of carbonyl (C=O) groups excluding carboxylic acids is 1. The molecule has 0 unspecified atom stereocenters. The molecule has 0 aliphatic rings. The second-order valence-corrected chi connectivity index (χ2v) is 10.5. The first kappa shape index (κ1) is 27.2. The molecule has 0 radical (unpaired) electrons. The van der Waals surface area contributed by atoms with Crippen molar-refractivity contribution < 1.29 is 24.5 Å². The van der Waals surface area contributed by atoms with Gasteiger partial charge in [-0.25, -0.2) is 0 Å². The lowest BCUT2D eigenvalue weighted by molar-refractivity contribution is -0.137. The minimum absolute atomic E-state index is 0.0165. The maximum atomic E-state index is 13.2. The van der Waals surface area contributed by atoms with Crippen LogP contribution in [0.2, 0.25) is 5.02 Å². The Morgan fingerprint density at radius 2 is 1.75 bits per heavy atom. The summed E-state index contributed by atoms with van der Waals surface area (Å²) in [4.78, 5) is 24.7. The summed E-state index contributed by atoms with van der Waals surface area (Å²) in [5, 5.41) is 27.8. The van der Waals surface area contributed by atoms with Crippen LogP contribution in [0.3, 0.4) is 0 Å². The smallest absolute Gasteiger partial charge is 0.305 e. The van der Waals surface area contributed by atoms with Crippen molar-refractivity contribution in [2.75, 3.05) is 6.61 Å². The number of nitrogens with zero attached hydrogens (tertiary/aromatic N) is 2. The average Bonchev–Trinajstić information content (AvgIpc) is 3.21. The van der Waals surface area contributed by atoms with Crippen LogP contribution in [-0.4, -0.2) is 44.1 Å². The van der Waals surface area contributed by atoms with Gasteiger partial charge in [-0.2, -0.15) is 9.78 Å². The molecule has 0 aliphatic heterocycles. The number of para-hydroxylation sites is 1. The molecule has 3 N–H and O–H groups in total. The molecule has 1 heterocycles. The first-order chi connectivity index (χ1) is 16.8. The van der Waals surface area contributed by atoms with Crippen molar-refractivity contribution in [2.45, 2.75) is 52.7 Å². The molecule has 2 atom stereocenters. The summed E-state index contributed by atoms with van der Waals surface area (Å²) in [5.74, 6) is -1.40. The largest absolute Gasteiger partial charge is 0.481 e. The molecule has 3 rings (SSSR count). The standard InChI is InChI=1S/C27H32ClN3O5/c1-17-10-12-18(13-11-17)20(15-24(32)33)29-25(34)21-14-23(36-16-27(5,35)26(2,3)4)31(30-21)22-9-7-6-8-19(22)28/h6-14,20,35H,15-16H2,1-5H3,(H,29,34)(H,32,33)/t20-,27+/m0/s1. The molecule has 0 bridgehead atoms. The highest BCUT2D eigenvalue weighted by Crippen LogP contribution is 2.32. The van der Waals surface area contributed by atoms with Gasteiger partial charge in [0.25, 0.3) is 5.91 Å². The third kappa shape index (κ3) is 6.44. The van der Waals surface area contributed by atoms with Gasteiger partial charge in [-0.05, 0) is 37.0 Å². The van der Waals surface area contributed by atoms with Crippen molar-refractivity contribution in [1.82, 2.24) is 15.1 Å². The summed E-state index contributed by atoms with van der Waals surface area (Å²) in [5.41, 5.74) is 0.543. The number of rotatable bonds is 9. The molecule has 2 aromatic carbocycles. The first-order valence-corrected chi connectivity index (χ1v) is 12.0. The number of benzene rings is 2. The molecule has 0 saturated carbocycles. The molecule has 1 amide bonds. The SMILES string of the molecule is Cc1ccc([C@H](CC(=O)O)NC(=O)c2cc(OC[C@@](C)(O)C(C)(C)C)n(-c3ccccc3Cl)n2)cc1. The predicted octanol–water partition coefficient (Wildman–Crippen LogP) is 4.96. The fraction of sp³-hybridized carbons (Fsp3) is 0.370. The number of carboxylic acids is 1. The van der Waals surface area contributed by atoms with E-state index in [1.54, 1.807) is 43.3 Å². The number of amides is 1. The van der Waals surface area contributed by atoms with E-state index in [0.29, 0.717) is 16.3 Å². The van der Waals surface area contributed by atoms with Gasteiger partial charge >= 0.3 is 5.97 Å². The predicted molar refractivity (Wildman–Crippen MR) is 138 cm³/mol. The Balaban J connectivity index is 1.95. The molecule has 192 valence electrons. The van der Waals surface area contributed by atoms with E-state index >= 15 is 0 Å². The number of carbonyl (C=O) groups is 2. The number of aryl methyl sites for hydroxylation is 1. The summed E-state index contributed by atoms with van der Waals surface area (Å²) in [6.45, 7) is 9.23. The molecular formula is C27H32ClN3O5. The van der Waals surface area contributed by atoms with Gasteiger partial charge < -0.3 is 20.3 Å². The number of aliphatic carboxylic acids is 1. The number of hydrogen-bond donors (Lipinski definition) is 3. The zero-order valence-corrected chi connectivity index (χ0v) is 21.8. The van der Waals surface area contributed by atoms with E-state index in [4.69, 9.17) is 16.3 Å². The second kappa shape index (κ2) is 10.7. The van der Waals surface area contributed by atoms with Crippen LogP contribution < -0.4 is 10.1 Å². The summed E-state index contributed by atoms with van der Waals surface area (Å²) in [7, 11) is 0. The molecule has 1 aromatic heterocycles. The number of hydrogen-bond acceptors (Lipinski definition) is 5. The minimum Gasteiger partial charge on any atom is -0.481 e. The molecule has 8 nitrogen and oxygen atoms in total. The molecule has 9 heteroatoms. The summed E-state index contributed by atoms with van der Waals surface area (Å²) < 4.78 is 7.35. The number of aromatic nitrogens is 2. The lowest BCUT2D eigenvalue weighted by atomic mass is 9.78. The molecule has 0 saturated heterocycles. The summed E-state index contributed by atoms with van der Waals surface area (Å²) in [6, 6.07) is 14.9.